The molecule has 0 fully saturated rings. The lowest BCUT2D eigenvalue weighted by atomic mass is 9.89. The van der Waals surface area contributed by atoms with Crippen molar-refractivity contribution in [2.45, 2.75) is 52.4 Å². The predicted octanol–water partition coefficient (Wildman–Crippen LogP) is 3.39. The third kappa shape index (κ3) is 6.12. The van der Waals surface area contributed by atoms with E-state index in [0.717, 1.165) is 18.4 Å². The van der Waals surface area contributed by atoms with Crippen LogP contribution in [0.3, 0.4) is 0 Å². The van der Waals surface area contributed by atoms with E-state index in [9.17, 15) is 9.59 Å². The molecule has 140 valence electrons. The quantitative estimate of drug-likeness (QED) is 0.752. The number of hydrogen-bond donors (Lipinski definition) is 1. The van der Waals surface area contributed by atoms with Crippen LogP contribution in [0.2, 0.25) is 0 Å². The van der Waals surface area contributed by atoms with Gasteiger partial charge in [-0.3, -0.25) is 9.59 Å². The van der Waals surface area contributed by atoms with E-state index in [4.69, 9.17) is 5.73 Å². The highest BCUT2D eigenvalue weighted by Crippen LogP contribution is 2.23. The molecule has 0 aliphatic heterocycles. The summed E-state index contributed by atoms with van der Waals surface area (Å²) in [7, 11) is 1.78. The molecular formula is C20H31ClN2O2. The van der Waals surface area contributed by atoms with Crippen LogP contribution in [0.1, 0.15) is 61.0 Å². The molecule has 1 aromatic rings. The van der Waals surface area contributed by atoms with Crippen LogP contribution in [-0.2, 0) is 17.6 Å². The molecule has 1 aromatic carbocycles. The Morgan fingerprint density at radius 2 is 1.76 bits per heavy atom. The van der Waals surface area contributed by atoms with E-state index < -0.39 is 0 Å². The zero-order chi connectivity index (χ0) is 17.7. The van der Waals surface area contributed by atoms with Gasteiger partial charge in [0.25, 0.3) is 0 Å². The van der Waals surface area contributed by atoms with E-state index in [2.05, 4.69) is 6.07 Å². The Balaban J connectivity index is 0.00000312. The third-order valence-corrected chi connectivity index (χ3v) is 4.88. The van der Waals surface area contributed by atoms with E-state index in [0.29, 0.717) is 13.1 Å². The molecule has 0 spiro atoms. The second kappa shape index (κ2) is 9.35. The summed E-state index contributed by atoms with van der Waals surface area (Å²) in [6, 6.07) is 6.03. The lowest BCUT2D eigenvalue weighted by molar-refractivity contribution is -0.131. The standard InChI is InChI=1S/C20H30N2O2.ClH/c1-20(2,13-21)14-22(3)19(24)11-10-18(23)17-9-8-15-6-4-5-7-16(15)12-17;/h8-9,12H,4-7,10-11,13-14,21H2,1-3H3;1H. The predicted molar refractivity (Wildman–Crippen MR) is 104 cm³/mol. The van der Waals surface area contributed by atoms with Crippen molar-refractivity contribution < 1.29 is 9.59 Å². The number of nitrogens with two attached hydrogens (primary N) is 1. The van der Waals surface area contributed by atoms with Crippen molar-refractivity contribution in [1.82, 2.24) is 4.90 Å². The highest BCUT2D eigenvalue weighted by Gasteiger charge is 2.21. The second-order valence-electron chi connectivity index (χ2n) is 7.73. The van der Waals surface area contributed by atoms with Crippen LogP contribution in [0.25, 0.3) is 0 Å². The number of carbonyl (C=O) groups excluding carboxylic acids is 2. The molecule has 0 aromatic heterocycles. The van der Waals surface area contributed by atoms with Gasteiger partial charge in [0, 0.05) is 32.0 Å². The minimum atomic E-state index is -0.104. The molecule has 25 heavy (non-hydrogen) atoms. The number of amides is 1. The van der Waals surface area contributed by atoms with E-state index in [1.807, 2.05) is 26.0 Å². The minimum Gasteiger partial charge on any atom is -0.345 e. The number of halogens is 1. The molecule has 0 bridgehead atoms. The van der Waals surface area contributed by atoms with Gasteiger partial charge in [0.15, 0.2) is 5.78 Å². The van der Waals surface area contributed by atoms with Crippen molar-refractivity contribution >= 4 is 24.1 Å². The Bertz CT molecular complexity index is 614. The summed E-state index contributed by atoms with van der Waals surface area (Å²) in [5.41, 5.74) is 9.03. The molecule has 1 aliphatic carbocycles. The van der Waals surface area contributed by atoms with Gasteiger partial charge >= 0.3 is 0 Å². The maximum absolute atomic E-state index is 12.4. The number of Topliss-reactive ketones (excluding diaryl/α,β-unsaturated/α-hetero) is 1. The number of hydrogen-bond acceptors (Lipinski definition) is 3. The smallest absolute Gasteiger partial charge is 0.222 e. The molecule has 0 heterocycles. The summed E-state index contributed by atoms with van der Waals surface area (Å²) in [5.74, 6) is 0.0612. The van der Waals surface area contributed by atoms with Crippen molar-refractivity contribution in [3.05, 3.63) is 34.9 Å². The van der Waals surface area contributed by atoms with E-state index in [-0.39, 0.29) is 42.4 Å². The zero-order valence-corrected chi connectivity index (χ0v) is 16.5. The van der Waals surface area contributed by atoms with Crippen LogP contribution in [0.15, 0.2) is 18.2 Å². The van der Waals surface area contributed by atoms with Gasteiger partial charge in [-0.05, 0) is 54.8 Å². The van der Waals surface area contributed by atoms with Crippen molar-refractivity contribution in [2.24, 2.45) is 11.1 Å². The molecule has 4 nitrogen and oxygen atoms in total. The summed E-state index contributed by atoms with van der Waals surface area (Å²) >= 11 is 0. The SMILES string of the molecule is CN(CC(C)(C)CN)C(=O)CCC(=O)c1ccc2c(c1)CCCC2.Cl. The lowest BCUT2D eigenvalue weighted by Crippen LogP contribution is -2.39. The number of nitrogens with zero attached hydrogens (tertiary/aromatic N) is 1. The van der Waals surface area contributed by atoms with Crippen molar-refractivity contribution in [3.8, 4) is 0 Å². The molecule has 5 heteroatoms. The third-order valence-electron chi connectivity index (χ3n) is 4.88. The van der Waals surface area contributed by atoms with Crippen LogP contribution >= 0.6 is 12.4 Å². The Morgan fingerprint density at radius 3 is 2.40 bits per heavy atom. The van der Waals surface area contributed by atoms with Gasteiger partial charge in [0.05, 0.1) is 0 Å². The van der Waals surface area contributed by atoms with Crippen LogP contribution in [0.4, 0.5) is 0 Å². The molecule has 0 radical (unpaired) electrons. The molecular weight excluding hydrogens is 336 g/mol. The number of fused-ring (bicyclic) bond motifs is 1. The highest BCUT2D eigenvalue weighted by molar-refractivity contribution is 5.98. The van der Waals surface area contributed by atoms with Crippen LogP contribution in [0.5, 0.6) is 0 Å². The molecule has 1 aliphatic rings. The Hall–Kier alpha value is -1.39. The van der Waals surface area contributed by atoms with Gasteiger partial charge in [0.2, 0.25) is 5.91 Å². The monoisotopic (exact) mass is 366 g/mol. The first-order valence-electron chi connectivity index (χ1n) is 8.91. The first-order chi connectivity index (χ1) is 11.3. The van der Waals surface area contributed by atoms with E-state index in [1.54, 1.807) is 11.9 Å². The summed E-state index contributed by atoms with van der Waals surface area (Å²) in [4.78, 5) is 26.3. The van der Waals surface area contributed by atoms with Crippen LogP contribution < -0.4 is 5.73 Å². The second-order valence-corrected chi connectivity index (χ2v) is 7.73. The molecule has 0 atom stereocenters. The summed E-state index contributed by atoms with van der Waals surface area (Å²) in [5, 5.41) is 0. The fourth-order valence-corrected chi connectivity index (χ4v) is 3.26. The number of benzene rings is 1. The molecule has 0 unspecified atom stereocenters. The lowest BCUT2D eigenvalue weighted by Gasteiger charge is -2.29. The minimum absolute atomic E-state index is 0. The maximum Gasteiger partial charge on any atom is 0.222 e. The van der Waals surface area contributed by atoms with Gasteiger partial charge in [0.1, 0.15) is 0 Å². The molecule has 2 rings (SSSR count). The topological polar surface area (TPSA) is 63.4 Å². The zero-order valence-electron chi connectivity index (χ0n) is 15.6. The molecule has 1 amide bonds. The Labute approximate surface area is 157 Å². The van der Waals surface area contributed by atoms with Crippen molar-refractivity contribution in [2.75, 3.05) is 20.1 Å². The summed E-state index contributed by atoms with van der Waals surface area (Å²) in [6.45, 7) is 5.21. The summed E-state index contributed by atoms with van der Waals surface area (Å²) < 4.78 is 0. The largest absolute Gasteiger partial charge is 0.345 e. The van der Waals surface area contributed by atoms with E-state index in [1.165, 1.54) is 24.0 Å². The normalized spacial score (nSPS) is 13.6. The van der Waals surface area contributed by atoms with Gasteiger partial charge in [-0.2, -0.15) is 0 Å². The van der Waals surface area contributed by atoms with Gasteiger partial charge in [-0.1, -0.05) is 26.0 Å². The maximum atomic E-state index is 12.4. The van der Waals surface area contributed by atoms with Gasteiger partial charge in [-0.25, -0.2) is 0 Å². The Kier molecular flexibility index (Phi) is 8.10. The number of ketones is 1. The fourth-order valence-electron chi connectivity index (χ4n) is 3.26. The molecule has 0 saturated carbocycles. The van der Waals surface area contributed by atoms with Crippen molar-refractivity contribution in [1.29, 1.82) is 0 Å². The number of carbonyl (C=O) groups is 2. The van der Waals surface area contributed by atoms with Crippen LogP contribution in [0, 0.1) is 5.41 Å². The number of aryl methyl sites for hydroxylation is 2. The van der Waals surface area contributed by atoms with Gasteiger partial charge < -0.3 is 10.6 Å². The van der Waals surface area contributed by atoms with Crippen molar-refractivity contribution in [3.63, 3.8) is 0 Å². The molecule has 2 N–H and O–H groups in total. The average molecular weight is 367 g/mol. The van der Waals surface area contributed by atoms with Gasteiger partial charge in [-0.15, -0.1) is 12.4 Å². The average Bonchev–Trinajstić information content (AvgIpc) is 2.58. The van der Waals surface area contributed by atoms with Crippen LogP contribution in [-0.4, -0.2) is 36.7 Å². The Morgan fingerprint density at radius 1 is 1.12 bits per heavy atom. The summed E-state index contributed by atoms with van der Waals surface area (Å²) in [6.07, 6.45) is 5.14. The number of rotatable bonds is 7. The van der Waals surface area contributed by atoms with E-state index >= 15 is 0 Å². The highest BCUT2D eigenvalue weighted by atomic mass is 35.5. The first-order valence-corrected chi connectivity index (χ1v) is 8.91. The molecule has 0 saturated heterocycles. The first kappa shape index (κ1) is 21.7. The fraction of sp³-hybridized carbons (Fsp3) is 0.600.